The Morgan fingerprint density at radius 1 is 0.923 bits per heavy atom. The van der Waals surface area contributed by atoms with Gasteiger partial charge in [-0.1, -0.05) is 6.07 Å². The van der Waals surface area contributed by atoms with Crippen LogP contribution in [0.3, 0.4) is 0 Å². The Kier molecular flexibility index (Phi) is 5.71. The van der Waals surface area contributed by atoms with Gasteiger partial charge in [0.15, 0.2) is 0 Å². The van der Waals surface area contributed by atoms with Crippen LogP contribution in [0.4, 0.5) is 39.5 Å². The summed E-state index contributed by atoms with van der Waals surface area (Å²) in [6, 6.07) is 2.50. The van der Waals surface area contributed by atoms with Gasteiger partial charge in [0.2, 0.25) is 0 Å². The zero-order valence-corrected chi connectivity index (χ0v) is 13.5. The van der Waals surface area contributed by atoms with Crippen LogP contribution in [0, 0.1) is 6.92 Å². The van der Waals surface area contributed by atoms with Gasteiger partial charge >= 0.3 is 23.9 Å². The molecule has 3 nitrogen and oxygen atoms in total. The molecule has 0 saturated carbocycles. The second kappa shape index (κ2) is 6.59. The Morgan fingerprint density at radius 3 is 1.85 bits per heavy atom. The van der Waals surface area contributed by atoms with Gasteiger partial charge in [0.25, 0.3) is 10.1 Å². The minimum absolute atomic E-state index is 0.0686. The molecule has 0 atom stereocenters. The highest BCUT2D eigenvalue weighted by molar-refractivity contribution is 7.85. The molecule has 150 valence electrons. The van der Waals surface area contributed by atoms with E-state index in [1.807, 2.05) is 0 Å². The molecule has 26 heavy (non-hydrogen) atoms. The van der Waals surface area contributed by atoms with E-state index in [1.165, 1.54) is 6.92 Å². The molecule has 1 aromatic carbocycles. The van der Waals surface area contributed by atoms with Crippen LogP contribution in [0.5, 0.6) is 0 Å². The predicted molar refractivity (Wildman–Crippen MR) is 70.2 cm³/mol. The average molecular weight is 418 g/mol. The monoisotopic (exact) mass is 418 g/mol. The SMILES string of the molecule is Cc1ccc(S(=O)(=O)O)cc1CCC(F)(F)C(F)(F)C(F)(F)C(F)(F)F. The normalized spacial score (nSPS) is 14.6. The molecule has 0 unspecified atom stereocenters. The zero-order chi connectivity index (χ0) is 20.8. The van der Waals surface area contributed by atoms with Crippen molar-refractivity contribution in [1.29, 1.82) is 0 Å². The van der Waals surface area contributed by atoms with Gasteiger partial charge in [-0.25, -0.2) is 0 Å². The van der Waals surface area contributed by atoms with Crippen molar-refractivity contribution in [3.8, 4) is 0 Å². The van der Waals surface area contributed by atoms with E-state index < -0.39 is 51.8 Å². The maximum atomic E-state index is 13.5. The van der Waals surface area contributed by atoms with E-state index in [-0.39, 0.29) is 11.1 Å². The van der Waals surface area contributed by atoms with Crippen molar-refractivity contribution in [3.05, 3.63) is 29.3 Å². The molecule has 0 heterocycles. The maximum Gasteiger partial charge on any atom is 0.460 e. The first-order valence-corrected chi connectivity index (χ1v) is 8.06. The summed E-state index contributed by atoms with van der Waals surface area (Å²) in [4.78, 5) is -0.784. The average Bonchev–Trinajstić information content (AvgIpc) is 2.43. The third-order valence-corrected chi connectivity index (χ3v) is 4.39. The molecule has 0 aliphatic carbocycles. The number of hydrogen-bond acceptors (Lipinski definition) is 2. The third-order valence-electron chi connectivity index (χ3n) is 3.54. The van der Waals surface area contributed by atoms with Gasteiger partial charge in [0.05, 0.1) is 4.90 Å². The third kappa shape index (κ3) is 4.08. The Hall–Kier alpha value is -1.50. The van der Waals surface area contributed by atoms with E-state index >= 15 is 0 Å². The molecule has 1 aromatic rings. The van der Waals surface area contributed by atoms with E-state index in [0.717, 1.165) is 12.1 Å². The molecule has 0 fully saturated rings. The van der Waals surface area contributed by atoms with Crippen molar-refractivity contribution in [1.82, 2.24) is 0 Å². The van der Waals surface area contributed by atoms with Gasteiger partial charge in [-0.2, -0.15) is 47.9 Å². The molecule has 13 heteroatoms. The number of halogens is 9. The molecule has 0 spiro atoms. The van der Waals surface area contributed by atoms with Crippen LogP contribution in [0.1, 0.15) is 17.5 Å². The van der Waals surface area contributed by atoms with Crippen LogP contribution in [-0.4, -0.2) is 36.9 Å². The number of rotatable bonds is 6. The lowest BCUT2D eigenvalue weighted by Gasteiger charge is -2.33. The summed E-state index contributed by atoms with van der Waals surface area (Å²) in [5, 5.41) is 0. The summed E-state index contributed by atoms with van der Waals surface area (Å²) in [6.07, 6.45) is -10.2. The van der Waals surface area contributed by atoms with Crippen LogP contribution >= 0.6 is 0 Å². The molecular formula is C13H11F9O3S. The minimum Gasteiger partial charge on any atom is -0.282 e. The van der Waals surface area contributed by atoms with Crippen LogP contribution in [0.25, 0.3) is 0 Å². The molecule has 0 aromatic heterocycles. The van der Waals surface area contributed by atoms with E-state index in [0.29, 0.717) is 6.07 Å². The van der Waals surface area contributed by atoms with E-state index in [1.54, 1.807) is 0 Å². The zero-order valence-electron chi connectivity index (χ0n) is 12.7. The maximum absolute atomic E-state index is 13.5. The predicted octanol–water partition coefficient (Wildman–Crippen LogP) is 4.64. The molecular weight excluding hydrogens is 407 g/mol. The van der Waals surface area contributed by atoms with Gasteiger partial charge in [0.1, 0.15) is 0 Å². The second-order valence-electron chi connectivity index (χ2n) is 5.41. The lowest BCUT2D eigenvalue weighted by Crippen LogP contribution is -2.60. The quantitative estimate of drug-likeness (QED) is 0.541. The molecule has 0 radical (unpaired) electrons. The highest BCUT2D eigenvalue weighted by Crippen LogP contribution is 2.54. The minimum atomic E-state index is -6.98. The fraction of sp³-hybridized carbons (Fsp3) is 0.538. The first kappa shape index (κ1) is 22.5. The van der Waals surface area contributed by atoms with E-state index in [9.17, 15) is 47.9 Å². The second-order valence-corrected chi connectivity index (χ2v) is 6.84. The summed E-state index contributed by atoms with van der Waals surface area (Å²) >= 11 is 0. The van der Waals surface area contributed by atoms with Crippen molar-refractivity contribution in [2.24, 2.45) is 0 Å². The standard InChI is InChI=1S/C13H11F9O3S/c1-7-2-3-9(26(23,24)25)6-8(7)4-5-10(14,15)11(16,17)12(18,19)13(20,21)22/h2-3,6H,4-5H2,1H3,(H,23,24,25). The topological polar surface area (TPSA) is 54.4 Å². The molecule has 1 rings (SSSR count). The largest absolute Gasteiger partial charge is 0.460 e. The summed E-state index contributed by atoms with van der Waals surface area (Å²) in [5.41, 5.74) is -0.287. The van der Waals surface area contributed by atoms with E-state index in [2.05, 4.69) is 0 Å². The Morgan fingerprint density at radius 2 is 1.42 bits per heavy atom. The Balaban J connectivity index is 3.16. The highest BCUT2D eigenvalue weighted by atomic mass is 32.2. The van der Waals surface area contributed by atoms with Crippen LogP contribution in [0.2, 0.25) is 0 Å². The molecule has 0 aliphatic rings. The van der Waals surface area contributed by atoms with Gasteiger partial charge in [-0.3, -0.25) is 4.55 Å². The fourth-order valence-electron chi connectivity index (χ4n) is 1.93. The summed E-state index contributed by atoms with van der Waals surface area (Å²) in [6.45, 7) is 1.23. The first-order chi connectivity index (χ1) is 11.3. The summed E-state index contributed by atoms with van der Waals surface area (Å²) in [7, 11) is -4.77. The van der Waals surface area contributed by atoms with Gasteiger partial charge in [-0.05, 0) is 36.6 Å². The van der Waals surface area contributed by atoms with Crippen molar-refractivity contribution in [2.45, 2.75) is 48.6 Å². The number of aryl methyl sites for hydroxylation is 2. The first-order valence-electron chi connectivity index (χ1n) is 6.62. The highest BCUT2D eigenvalue weighted by Gasteiger charge is 2.81. The molecule has 0 aliphatic heterocycles. The lowest BCUT2D eigenvalue weighted by atomic mass is 9.95. The van der Waals surface area contributed by atoms with Gasteiger partial charge < -0.3 is 0 Å². The number of hydrogen-bond donors (Lipinski definition) is 1. The molecule has 0 saturated heterocycles. The smallest absolute Gasteiger partial charge is 0.282 e. The summed E-state index contributed by atoms with van der Waals surface area (Å²) in [5.74, 6) is -19.5. The van der Waals surface area contributed by atoms with Crippen LogP contribution in [0.15, 0.2) is 23.1 Å². The van der Waals surface area contributed by atoms with Crippen LogP contribution in [-0.2, 0) is 16.5 Å². The van der Waals surface area contributed by atoms with Crippen molar-refractivity contribution in [3.63, 3.8) is 0 Å². The number of alkyl halides is 9. The van der Waals surface area contributed by atoms with Crippen LogP contribution < -0.4 is 0 Å². The van der Waals surface area contributed by atoms with Gasteiger partial charge in [-0.15, -0.1) is 0 Å². The summed E-state index contributed by atoms with van der Waals surface area (Å²) < 4.78 is 146. The molecule has 1 N–H and O–H groups in total. The fourth-order valence-corrected chi connectivity index (χ4v) is 2.47. The van der Waals surface area contributed by atoms with E-state index in [4.69, 9.17) is 4.55 Å². The van der Waals surface area contributed by atoms with Crippen molar-refractivity contribution < 1.29 is 52.5 Å². The molecule has 0 amide bonds. The Labute approximate surface area is 141 Å². The lowest BCUT2D eigenvalue weighted by molar-refractivity contribution is -0.396. The molecule has 0 bridgehead atoms. The van der Waals surface area contributed by atoms with Gasteiger partial charge in [0, 0.05) is 6.42 Å². The van der Waals surface area contributed by atoms with Crippen molar-refractivity contribution >= 4 is 10.1 Å². The van der Waals surface area contributed by atoms with Crippen molar-refractivity contribution in [2.75, 3.05) is 0 Å². The Bertz CT molecular complexity index is 770. The number of benzene rings is 1.